The predicted molar refractivity (Wildman–Crippen MR) is 144 cm³/mol. The molecule has 4 rings (SSSR count). The van der Waals surface area contributed by atoms with Gasteiger partial charge in [0.25, 0.3) is 0 Å². The van der Waals surface area contributed by atoms with Crippen molar-refractivity contribution in [2.45, 2.75) is 104 Å². The Morgan fingerprint density at radius 1 is 1.19 bits per heavy atom. The molecule has 1 aromatic heterocycles. The third-order valence-corrected chi connectivity index (χ3v) is 7.09. The highest BCUT2D eigenvalue weighted by Crippen LogP contribution is 2.48. The van der Waals surface area contributed by atoms with Crippen LogP contribution in [0, 0.1) is 25.2 Å². The molecule has 1 heterocycles. The number of carboxylic acids is 1. The molecule has 2 fully saturated rings. The average molecular weight is 517 g/mol. The molecular weight excluding hydrogens is 476 g/mol. The van der Waals surface area contributed by atoms with Crippen molar-refractivity contribution in [3.05, 3.63) is 45.8 Å². The lowest BCUT2D eigenvalue weighted by molar-refractivity contribution is -0.137. The first-order valence-electron chi connectivity index (χ1n) is 13.2. The van der Waals surface area contributed by atoms with Gasteiger partial charge in [0, 0.05) is 30.2 Å². The highest BCUT2D eigenvalue weighted by molar-refractivity contribution is 6.33. The third kappa shape index (κ3) is 8.65. The highest BCUT2D eigenvalue weighted by atomic mass is 35.5. The van der Waals surface area contributed by atoms with Crippen molar-refractivity contribution in [1.29, 1.82) is 0 Å². The molecule has 1 unspecified atom stereocenters. The number of benzene rings is 1. The summed E-state index contributed by atoms with van der Waals surface area (Å²) < 4.78 is 5.75. The maximum atomic E-state index is 12.8. The van der Waals surface area contributed by atoms with Crippen LogP contribution in [0.4, 0.5) is 5.69 Å². The van der Waals surface area contributed by atoms with Crippen LogP contribution in [0.2, 0.25) is 5.02 Å². The van der Waals surface area contributed by atoms with E-state index in [9.17, 15) is 14.7 Å². The lowest BCUT2D eigenvalue weighted by Gasteiger charge is -2.38. The van der Waals surface area contributed by atoms with E-state index in [2.05, 4.69) is 31.2 Å². The van der Waals surface area contributed by atoms with Crippen LogP contribution < -0.4 is 5.32 Å². The van der Waals surface area contributed by atoms with Crippen molar-refractivity contribution in [1.82, 2.24) is 5.16 Å². The lowest BCUT2D eigenvalue weighted by Crippen LogP contribution is -2.26. The zero-order valence-corrected chi connectivity index (χ0v) is 23.1. The van der Waals surface area contributed by atoms with Gasteiger partial charge in [-0.1, -0.05) is 62.9 Å². The second-order valence-corrected chi connectivity index (χ2v) is 12.2. The maximum Gasteiger partial charge on any atom is 0.303 e. The monoisotopic (exact) mass is 516 g/mol. The standard InChI is InChI=1S/C26H35ClN2O4.C3H6/c1-15-6-8-21(20(27)10-15)28-22(30)13-18(7-9-23(31)32)24-16(2)25(33-29-24)19-11-17(12-19)14-26(3,4)5;1-2-3-1/h6,8,10,17-19H,7,9,11-14H2,1-5H3,(H,28,30)(H,31,32);1-3H2. The van der Waals surface area contributed by atoms with Crippen LogP contribution in [-0.2, 0) is 9.59 Å². The molecule has 1 atom stereocenters. The maximum absolute atomic E-state index is 12.8. The first kappa shape index (κ1) is 28.2. The molecular formula is C29H41ClN2O4. The van der Waals surface area contributed by atoms with Gasteiger partial charge in [-0.2, -0.15) is 0 Å². The number of carbonyl (C=O) groups is 2. The Kier molecular flexibility index (Phi) is 9.62. The number of amides is 1. The Morgan fingerprint density at radius 3 is 2.42 bits per heavy atom. The van der Waals surface area contributed by atoms with Crippen molar-refractivity contribution < 1.29 is 19.2 Å². The summed E-state index contributed by atoms with van der Waals surface area (Å²) in [6.45, 7) is 10.7. The fraction of sp³-hybridized carbons (Fsp3) is 0.621. The number of hydrogen-bond acceptors (Lipinski definition) is 4. The zero-order valence-electron chi connectivity index (χ0n) is 22.3. The molecule has 0 aliphatic heterocycles. The summed E-state index contributed by atoms with van der Waals surface area (Å²) in [7, 11) is 0. The average Bonchev–Trinajstić information content (AvgIpc) is 3.58. The molecule has 0 radical (unpaired) electrons. The van der Waals surface area contributed by atoms with E-state index in [0.717, 1.165) is 29.7 Å². The zero-order chi connectivity index (χ0) is 26.5. The predicted octanol–water partition coefficient (Wildman–Crippen LogP) is 8.02. The highest BCUT2D eigenvalue weighted by Gasteiger charge is 2.37. The van der Waals surface area contributed by atoms with Crippen LogP contribution in [0.15, 0.2) is 22.7 Å². The van der Waals surface area contributed by atoms with Gasteiger partial charge in [-0.3, -0.25) is 9.59 Å². The van der Waals surface area contributed by atoms with Gasteiger partial charge < -0.3 is 14.9 Å². The molecule has 1 aromatic carbocycles. The van der Waals surface area contributed by atoms with Gasteiger partial charge in [-0.15, -0.1) is 0 Å². The summed E-state index contributed by atoms with van der Waals surface area (Å²) in [4.78, 5) is 24.0. The Hall–Kier alpha value is -2.34. The Balaban J connectivity index is 0.00000112. The quantitative estimate of drug-likeness (QED) is 0.352. The molecule has 2 N–H and O–H groups in total. The summed E-state index contributed by atoms with van der Waals surface area (Å²) in [6.07, 6.45) is 8.24. The number of aryl methyl sites for hydroxylation is 1. The van der Waals surface area contributed by atoms with Gasteiger partial charge in [0.05, 0.1) is 16.4 Å². The first-order valence-corrected chi connectivity index (χ1v) is 13.5. The second-order valence-electron chi connectivity index (χ2n) is 11.8. The van der Waals surface area contributed by atoms with E-state index in [4.69, 9.17) is 16.1 Å². The lowest BCUT2D eigenvalue weighted by atomic mass is 9.67. The minimum Gasteiger partial charge on any atom is -0.481 e. The minimum absolute atomic E-state index is 0.0397. The van der Waals surface area contributed by atoms with Crippen LogP contribution in [0.3, 0.4) is 0 Å². The number of nitrogens with zero attached hydrogens (tertiary/aromatic N) is 1. The number of nitrogens with one attached hydrogen (secondary N) is 1. The van der Waals surface area contributed by atoms with Gasteiger partial charge in [-0.05, 0) is 68.6 Å². The molecule has 6 nitrogen and oxygen atoms in total. The smallest absolute Gasteiger partial charge is 0.303 e. The van der Waals surface area contributed by atoms with Crippen LogP contribution in [-0.4, -0.2) is 22.1 Å². The largest absolute Gasteiger partial charge is 0.481 e. The Morgan fingerprint density at radius 2 is 1.86 bits per heavy atom. The SMILES string of the molecule is C1CC1.Cc1ccc(NC(=O)CC(CCC(=O)O)c2noc(C3CC(CC(C)(C)C)C3)c2C)c(Cl)c1. The van der Waals surface area contributed by atoms with Crippen LogP contribution in [0.25, 0.3) is 0 Å². The van der Waals surface area contributed by atoms with Crippen molar-refractivity contribution in [3.63, 3.8) is 0 Å². The van der Waals surface area contributed by atoms with Gasteiger partial charge in [0.15, 0.2) is 0 Å². The molecule has 2 saturated carbocycles. The summed E-state index contributed by atoms with van der Waals surface area (Å²) in [5, 5.41) is 16.8. The van der Waals surface area contributed by atoms with E-state index in [-0.39, 0.29) is 24.7 Å². The number of anilines is 1. The van der Waals surface area contributed by atoms with Crippen LogP contribution >= 0.6 is 11.6 Å². The van der Waals surface area contributed by atoms with Crippen molar-refractivity contribution in [3.8, 4) is 0 Å². The molecule has 36 heavy (non-hydrogen) atoms. The second kappa shape index (κ2) is 12.3. The van der Waals surface area contributed by atoms with E-state index >= 15 is 0 Å². The normalized spacial score (nSPS) is 19.5. The number of hydrogen-bond donors (Lipinski definition) is 2. The minimum atomic E-state index is -0.896. The number of aromatic nitrogens is 1. The molecule has 7 heteroatoms. The molecule has 2 aliphatic rings. The van der Waals surface area contributed by atoms with Gasteiger partial charge in [-0.25, -0.2) is 0 Å². The molecule has 2 aromatic rings. The summed E-state index contributed by atoms with van der Waals surface area (Å²) in [6, 6.07) is 5.44. The van der Waals surface area contributed by atoms with Crippen LogP contribution in [0.1, 0.15) is 113 Å². The van der Waals surface area contributed by atoms with Crippen molar-refractivity contribution in [2.24, 2.45) is 11.3 Å². The number of carboxylic acid groups (broad SMARTS) is 1. The van der Waals surface area contributed by atoms with Crippen LogP contribution in [0.5, 0.6) is 0 Å². The fourth-order valence-corrected chi connectivity index (χ4v) is 5.17. The third-order valence-electron chi connectivity index (χ3n) is 6.78. The Bertz CT molecular complexity index is 1050. The fourth-order valence-electron chi connectivity index (χ4n) is 4.89. The van der Waals surface area contributed by atoms with E-state index in [0.29, 0.717) is 40.1 Å². The van der Waals surface area contributed by atoms with Gasteiger partial charge in [0.2, 0.25) is 5.91 Å². The van der Waals surface area contributed by atoms with E-state index in [1.807, 2.05) is 19.9 Å². The van der Waals surface area contributed by atoms with Gasteiger partial charge >= 0.3 is 5.97 Å². The number of halogens is 1. The number of aliphatic carboxylic acids is 1. The van der Waals surface area contributed by atoms with Gasteiger partial charge in [0.1, 0.15) is 5.76 Å². The molecule has 0 bridgehead atoms. The molecule has 0 spiro atoms. The van der Waals surface area contributed by atoms with E-state index in [1.54, 1.807) is 12.1 Å². The molecule has 198 valence electrons. The molecule has 0 saturated heterocycles. The van der Waals surface area contributed by atoms with Crippen molar-refractivity contribution >= 4 is 29.2 Å². The molecule has 1 amide bonds. The molecule has 2 aliphatic carbocycles. The van der Waals surface area contributed by atoms with E-state index in [1.165, 1.54) is 25.7 Å². The number of rotatable bonds is 9. The topological polar surface area (TPSA) is 92.4 Å². The van der Waals surface area contributed by atoms with E-state index < -0.39 is 5.97 Å². The summed E-state index contributed by atoms with van der Waals surface area (Å²) in [5.74, 6) is 0.460. The Labute approximate surface area is 220 Å². The first-order chi connectivity index (χ1) is 16.9. The number of carbonyl (C=O) groups excluding carboxylic acids is 1. The summed E-state index contributed by atoms with van der Waals surface area (Å²) in [5.41, 5.74) is 3.50. The summed E-state index contributed by atoms with van der Waals surface area (Å²) >= 11 is 6.25. The van der Waals surface area contributed by atoms with Crippen molar-refractivity contribution in [2.75, 3.05) is 5.32 Å².